The Balaban J connectivity index is 2.59. The van der Waals surface area contributed by atoms with Gasteiger partial charge in [0.25, 0.3) is 5.56 Å². The van der Waals surface area contributed by atoms with Crippen molar-refractivity contribution in [2.75, 3.05) is 5.73 Å². The van der Waals surface area contributed by atoms with Crippen LogP contribution in [0.5, 0.6) is 0 Å². The molecule has 0 aliphatic rings. The van der Waals surface area contributed by atoms with Crippen LogP contribution in [0.4, 0.5) is 10.1 Å². The van der Waals surface area contributed by atoms with Crippen LogP contribution in [0, 0.1) is 17.1 Å². The maximum absolute atomic E-state index is 13.7. The van der Waals surface area contributed by atoms with Crippen LogP contribution in [0.3, 0.4) is 0 Å². The third-order valence-electron chi connectivity index (χ3n) is 2.86. The number of anilines is 1. The molecular formula is C13H11FN4O2. The van der Waals surface area contributed by atoms with Gasteiger partial charge in [-0.2, -0.15) is 5.26 Å². The van der Waals surface area contributed by atoms with Crippen molar-refractivity contribution in [1.82, 2.24) is 9.13 Å². The molecule has 0 amide bonds. The molecule has 2 N–H and O–H groups in total. The Labute approximate surface area is 113 Å². The van der Waals surface area contributed by atoms with Crippen molar-refractivity contribution in [2.24, 2.45) is 7.05 Å². The third kappa shape index (κ3) is 2.31. The standard InChI is InChI=1S/C13H11FN4O2/c1-17-7-11(16)12(19)18(13(17)20)6-9-4-8(5-15)2-3-10(9)14/h2-4,7H,6,16H2,1H3. The summed E-state index contributed by atoms with van der Waals surface area (Å²) in [7, 11) is 1.44. The molecule has 20 heavy (non-hydrogen) atoms. The third-order valence-corrected chi connectivity index (χ3v) is 2.86. The molecule has 0 saturated heterocycles. The summed E-state index contributed by atoms with van der Waals surface area (Å²) in [6.45, 7) is -0.280. The van der Waals surface area contributed by atoms with Crippen LogP contribution in [0.2, 0.25) is 0 Å². The van der Waals surface area contributed by atoms with Gasteiger partial charge in [-0.25, -0.2) is 9.18 Å². The SMILES string of the molecule is Cn1cc(N)c(=O)n(Cc2cc(C#N)ccc2F)c1=O. The normalized spacial score (nSPS) is 10.2. The molecular weight excluding hydrogens is 263 g/mol. The lowest BCUT2D eigenvalue weighted by Crippen LogP contribution is -2.40. The summed E-state index contributed by atoms with van der Waals surface area (Å²) in [6, 6.07) is 5.61. The highest BCUT2D eigenvalue weighted by molar-refractivity contribution is 5.35. The highest BCUT2D eigenvalue weighted by Gasteiger charge is 2.11. The number of aryl methyl sites for hydroxylation is 1. The van der Waals surface area contributed by atoms with Crippen LogP contribution in [-0.4, -0.2) is 9.13 Å². The maximum atomic E-state index is 13.7. The number of aromatic nitrogens is 2. The van der Waals surface area contributed by atoms with Gasteiger partial charge in [0, 0.05) is 18.8 Å². The Morgan fingerprint density at radius 2 is 2.10 bits per heavy atom. The Bertz CT molecular complexity index is 795. The van der Waals surface area contributed by atoms with Crippen LogP contribution in [0.1, 0.15) is 11.1 Å². The first kappa shape index (κ1) is 13.5. The molecule has 1 aromatic carbocycles. The fourth-order valence-corrected chi connectivity index (χ4v) is 1.83. The van der Waals surface area contributed by atoms with E-state index in [1.165, 1.54) is 25.4 Å². The molecule has 0 bridgehead atoms. The van der Waals surface area contributed by atoms with Gasteiger partial charge in [-0.3, -0.25) is 9.36 Å². The minimum Gasteiger partial charge on any atom is -0.393 e. The van der Waals surface area contributed by atoms with E-state index in [0.29, 0.717) is 0 Å². The Morgan fingerprint density at radius 1 is 1.40 bits per heavy atom. The zero-order valence-electron chi connectivity index (χ0n) is 10.6. The molecule has 0 fully saturated rings. The van der Waals surface area contributed by atoms with E-state index in [-0.39, 0.29) is 23.4 Å². The van der Waals surface area contributed by atoms with E-state index in [2.05, 4.69) is 0 Å². The van der Waals surface area contributed by atoms with Crippen LogP contribution in [0.25, 0.3) is 0 Å². The molecule has 6 nitrogen and oxygen atoms in total. The van der Waals surface area contributed by atoms with Gasteiger partial charge in [-0.05, 0) is 18.2 Å². The largest absolute Gasteiger partial charge is 0.393 e. The first-order chi connectivity index (χ1) is 9.43. The molecule has 1 aromatic heterocycles. The van der Waals surface area contributed by atoms with Crippen molar-refractivity contribution >= 4 is 5.69 Å². The average molecular weight is 274 g/mol. The predicted molar refractivity (Wildman–Crippen MR) is 70.6 cm³/mol. The fraction of sp³-hybridized carbons (Fsp3) is 0.154. The van der Waals surface area contributed by atoms with Crippen molar-refractivity contribution < 1.29 is 4.39 Å². The number of hydrogen-bond donors (Lipinski definition) is 1. The van der Waals surface area contributed by atoms with Gasteiger partial charge in [-0.1, -0.05) is 0 Å². The average Bonchev–Trinajstić information content (AvgIpc) is 2.43. The molecule has 0 aliphatic carbocycles. The van der Waals surface area contributed by atoms with Crippen molar-refractivity contribution in [3.05, 3.63) is 62.2 Å². The lowest BCUT2D eigenvalue weighted by atomic mass is 10.1. The molecule has 0 radical (unpaired) electrons. The summed E-state index contributed by atoms with van der Waals surface area (Å²) in [4.78, 5) is 23.7. The highest BCUT2D eigenvalue weighted by Crippen LogP contribution is 2.10. The van der Waals surface area contributed by atoms with Gasteiger partial charge in [0.1, 0.15) is 11.5 Å². The maximum Gasteiger partial charge on any atom is 0.331 e. The zero-order chi connectivity index (χ0) is 14.9. The summed E-state index contributed by atoms with van der Waals surface area (Å²) >= 11 is 0. The van der Waals surface area contributed by atoms with Crippen LogP contribution in [-0.2, 0) is 13.6 Å². The second-order valence-electron chi connectivity index (χ2n) is 4.29. The van der Waals surface area contributed by atoms with E-state index < -0.39 is 17.1 Å². The molecule has 0 spiro atoms. The van der Waals surface area contributed by atoms with Gasteiger partial charge in [0.2, 0.25) is 0 Å². The molecule has 102 valence electrons. The number of nitrogens with zero attached hydrogens (tertiary/aromatic N) is 3. The first-order valence-corrected chi connectivity index (χ1v) is 5.68. The minimum absolute atomic E-state index is 0.0776. The minimum atomic E-state index is -0.685. The van der Waals surface area contributed by atoms with E-state index in [4.69, 9.17) is 11.0 Å². The molecule has 0 aliphatic heterocycles. The van der Waals surface area contributed by atoms with Crippen LogP contribution in [0.15, 0.2) is 34.0 Å². The lowest BCUT2D eigenvalue weighted by Gasteiger charge is -2.09. The van der Waals surface area contributed by atoms with Gasteiger partial charge in [0.05, 0.1) is 18.2 Å². The molecule has 7 heteroatoms. The topological polar surface area (TPSA) is 93.8 Å². The molecule has 0 atom stereocenters. The summed E-state index contributed by atoms with van der Waals surface area (Å²) in [5.41, 5.74) is 4.42. The van der Waals surface area contributed by atoms with Crippen molar-refractivity contribution in [3.8, 4) is 6.07 Å². The Morgan fingerprint density at radius 3 is 2.75 bits per heavy atom. The summed E-state index contributed by atoms with van der Waals surface area (Å²) in [5, 5.41) is 8.79. The second-order valence-corrected chi connectivity index (χ2v) is 4.29. The molecule has 2 aromatic rings. The quantitative estimate of drug-likeness (QED) is 0.845. The van der Waals surface area contributed by atoms with Crippen molar-refractivity contribution in [3.63, 3.8) is 0 Å². The number of nitriles is 1. The molecule has 0 unspecified atom stereocenters. The Kier molecular flexibility index (Phi) is 3.39. The van der Waals surface area contributed by atoms with Gasteiger partial charge >= 0.3 is 5.69 Å². The number of nitrogen functional groups attached to an aromatic ring is 1. The van der Waals surface area contributed by atoms with Crippen LogP contribution < -0.4 is 17.0 Å². The highest BCUT2D eigenvalue weighted by atomic mass is 19.1. The fourth-order valence-electron chi connectivity index (χ4n) is 1.83. The first-order valence-electron chi connectivity index (χ1n) is 5.68. The summed E-state index contributed by atoms with van der Waals surface area (Å²) < 4.78 is 15.7. The van der Waals surface area contributed by atoms with Gasteiger partial charge in [-0.15, -0.1) is 0 Å². The summed E-state index contributed by atoms with van der Waals surface area (Å²) in [6.07, 6.45) is 1.21. The summed E-state index contributed by atoms with van der Waals surface area (Å²) in [5.74, 6) is -0.597. The van der Waals surface area contributed by atoms with Crippen LogP contribution >= 0.6 is 0 Å². The van der Waals surface area contributed by atoms with E-state index in [9.17, 15) is 14.0 Å². The van der Waals surface area contributed by atoms with Gasteiger partial charge in [0.15, 0.2) is 0 Å². The van der Waals surface area contributed by atoms with E-state index in [1.54, 1.807) is 0 Å². The molecule has 1 heterocycles. The van der Waals surface area contributed by atoms with E-state index in [1.807, 2.05) is 6.07 Å². The predicted octanol–water partition coefficient (Wildman–Crippen LogP) is 0.188. The van der Waals surface area contributed by atoms with Crippen molar-refractivity contribution in [1.29, 1.82) is 5.26 Å². The number of rotatable bonds is 2. The monoisotopic (exact) mass is 274 g/mol. The second kappa shape index (κ2) is 5.01. The zero-order valence-corrected chi connectivity index (χ0v) is 10.6. The van der Waals surface area contributed by atoms with E-state index >= 15 is 0 Å². The van der Waals surface area contributed by atoms with Gasteiger partial charge < -0.3 is 10.3 Å². The smallest absolute Gasteiger partial charge is 0.331 e. The molecule has 2 rings (SSSR count). The number of halogens is 1. The lowest BCUT2D eigenvalue weighted by molar-refractivity contribution is 0.579. The number of hydrogen-bond acceptors (Lipinski definition) is 4. The Hall–Kier alpha value is -2.88. The number of nitrogens with two attached hydrogens (primary N) is 1. The van der Waals surface area contributed by atoms with Crippen molar-refractivity contribution in [2.45, 2.75) is 6.54 Å². The van der Waals surface area contributed by atoms with E-state index in [0.717, 1.165) is 15.2 Å². The molecule has 0 saturated carbocycles. The number of benzene rings is 1.